The molecule has 0 heterocycles. The highest BCUT2D eigenvalue weighted by molar-refractivity contribution is 5.27. The van der Waals surface area contributed by atoms with Crippen molar-refractivity contribution in [3.63, 3.8) is 0 Å². The molecule has 1 aromatic rings. The topological polar surface area (TPSA) is 9.23 Å². The molecule has 0 bridgehead atoms. The van der Waals surface area contributed by atoms with Gasteiger partial charge in [0, 0.05) is 0 Å². The third-order valence-corrected chi connectivity index (χ3v) is 4.83. The summed E-state index contributed by atoms with van der Waals surface area (Å²) in [5, 5.41) is 0. The Balaban J connectivity index is 1.65. The van der Waals surface area contributed by atoms with Gasteiger partial charge in [-0.2, -0.15) is 0 Å². The Kier molecular flexibility index (Phi) is 7.56. The lowest BCUT2D eigenvalue weighted by Gasteiger charge is -2.26. The maximum Gasteiger partial charge on any atom is 0.119 e. The zero-order valence-electron chi connectivity index (χ0n) is 14.4. The van der Waals surface area contributed by atoms with Crippen LogP contribution in [0.15, 0.2) is 36.4 Å². The molecule has 1 saturated carbocycles. The van der Waals surface area contributed by atoms with E-state index in [1.165, 1.54) is 44.1 Å². The highest BCUT2D eigenvalue weighted by Crippen LogP contribution is 2.32. The summed E-state index contributed by atoms with van der Waals surface area (Å²) in [4.78, 5) is 0. The van der Waals surface area contributed by atoms with Crippen LogP contribution in [0.2, 0.25) is 0 Å². The van der Waals surface area contributed by atoms with E-state index in [0.717, 1.165) is 37.0 Å². The van der Waals surface area contributed by atoms with E-state index >= 15 is 0 Å². The zero-order chi connectivity index (χ0) is 15.6. The smallest absolute Gasteiger partial charge is 0.119 e. The molecule has 0 atom stereocenters. The molecule has 1 fully saturated rings. The van der Waals surface area contributed by atoms with Crippen LogP contribution >= 0.6 is 0 Å². The van der Waals surface area contributed by atoms with Gasteiger partial charge in [-0.1, -0.05) is 44.1 Å². The van der Waals surface area contributed by atoms with Gasteiger partial charge in [-0.25, -0.2) is 0 Å². The van der Waals surface area contributed by atoms with Crippen LogP contribution in [0.3, 0.4) is 0 Å². The summed E-state index contributed by atoms with van der Waals surface area (Å²) in [6.07, 6.45) is 15.7. The summed E-state index contributed by atoms with van der Waals surface area (Å²) >= 11 is 0. The molecule has 1 aromatic carbocycles. The number of allylic oxidation sites excluding steroid dienone is 2. The minimum atomic E-state index is 0.739. The van der Waals surface area contributed by atoms with Crippen molar-refractivity contribution in [2.24, 2.45) is 11.8 Å². The molecular weight excluding hydrogens is 268 g/mol. The molecule has 122 valence electrons. The Labute approximate surface area is 136 Å². The minimum absolute atomic E-state index is 0.739. The number of hydrogen-bond acceptors (Lipinski definition) is 1. The lowest BCUT2D eigenvalue weighted by atomic mass is 9.80. The summed E-state index contributed by atoms with van der Waals surface area (Å²) in [5.74, 6) is 2.83. The van der Waals surface area contributed by atoms with Gasteiger partial charge in [0.15, 0.2) is 0 Å². The molecule has 0 amide bonds. The van der Waals surface area contributed by atoms with Gasteiger partial charge in [0.05, 0.1) is 6.61 Å². The average Bonchev–Trinajstić information content (AvgIpc) is 2.55. The highest BCUT2D eigenvalue weighted by atomic mass is 16.5. The summed E-state index contributed by atoms with van der Waals surface area (Å²) < 4.78 is 5.48. The molecular formula is C21H32O. The fourth-order valence-electron chi connectivity index (χ4n) is 3.54. The normalized spacial score (nSPS) is 22.1. The van der Waals surface area contributed by atoms with Crippen molar-refractivity contribution in [3.8, 4) is 5.75 Å². The molecule has 1 aliphatic carbocycles. The standard InChI is InChI=1S/C21H32O/c1-3-7-18-10-12-19(13-11-18)8-5-6-9-20-14-16-21(17-15-20)22-4-2/h5,8,14-19H,3-4,6-7,9-13H2,1-2H3. The molecule has 0 spiro atoms. The molecule has 2 rings (SSSR count). The second-order valence-electron chi connectivity index (χ2n) is 6.61. The van der Waals surface area contributed by atoms with E-state index in [0.29, 0.717) is 0 Å². The van der Waals surface area contributed by atoms with Crippen molar-refractivity contribution in [1.29, 1.82) is 0 Å². The van der Waals surface area contributed by atoms with Crippen LogP contribution in [0.1, 0.15) is 64.4 Å². The largest absolute Gasteiger partial charge is 0.494 e. The van der Waals surface area contributed by atoms with Crippen LogP contribution in [0, 0.1) is 11.8 Å². The first-order chi connectivity index (χ1) is 10.8. The quantitative estimate of drug-likeness (QED) is 0.521. The molecule has 1 aliphatic rings. The van der Waals surface area contributed by atoms with Crippen molar-refractivity contribution in [2.45, 2.75) is 65.2 Å². The third-order valence-electron chi connectivity index (χ3n) is 4.83. The lowest BCUT2D eigenvalue weighted by Crippen LogP contribution is -2.12. The van der Waals surface area contributed by atoms with Crippen molar-refractivity contribution in [1.82, 2.24) is 0 Å². The highest BCUT2D eigenvalue weighted by Gasteiger charge is 2.18. The Morgan fingerprint density at radius 3 is 2.41 bits per heavy atom. The molecule has 0 aliphatic heterocycles. The summed E-state index contributed by atoms with van der Waals surface area (Å²) in [5.41, 5.74) is 1.40. The van der Waals surface area contributed by atoms with E-state index < -0.39 is 0 Å². The van der Waals surface area contributed by atoms with Crippen molar-refractivity contribution >= 4 is 0 Å². The van der Waals surface area contributed by atoms with Crippen LogP contribution < -0.4 is 4.74 Å². The Hall–Kier alpha value is -1.24. The number of rotatable bonds is 8. The van der Waals surface area contributed by atoms with Crippen LogP contribution in [-0.4, -0.2) is 6.61 Å². The van der Waals surface area contributed by atoms with Gasteiger partial charge in [0.25, 0.3) is 0 Å². The van der Waals surface area contributed by atoms with Gasteiger partial charge in [-0.05, 0) is 75.0 Å². The van der Waals surface area contributed by atoms with E-state index in [2.05, 4.69) is 43.3 Å². The predicted octanol–water partition coefficient (Wildman–Crippen LogP) is 6.18. The van der Waals surface area contributed by atoms with Crippen LogP contribution in [0.25, 0.3) is 0 Å². The van der Waals surface area contributed by atoms with E-state index in [1.54, 1.807) is 0 Å². The van der Waals surface area contributed by atoms with Gasteiger partial charge in [0.1, 0.15) is 5.75 Å². The zero-order valence-corrected chi connectivity index (χ0v) is 14.4. The third kappa shape index (κ3) is 5.87. The maximum atomic E-state index is 5.48. The SMILES string of the molecule is CCCC1CCC(C=CCCc2ccc(OCC)cc2)CC1. The number of ether oxygens (including phenoxy) is 1. The number of benzene rings is 1. The predicted molar refractivity (Wildman–Crippen MR) is 95.4 cm³/mol. The van der Waals surface area contributed by atoms with Crippen LogP contribution in [-0.2, 0) is 6.42 Å². The van der Waals surface area contributed by atoms with Gasteiger partial charge < -0.3 is 4.74 Å². The van der Waals surface area contributed by atoms with E-state index in [4.69, 9.17) is 4.74 Å². The number of aryl methyl sites for hydroxylation is 1. The monoisotopic (exact) mass is 300 g/mol. The maximum absolute atomic E-state index is 5.48. The van der Waals surface area contributed by atoms with Crippen molar-refractivity contribution < 1.29 is 4.74 Å². The van der Waals surface area contributed by atoms with Gasteiger partial charge in [0.2, 0.25) is 0 Å². The van der Waals surface area contributed by atoms with Gasteiger partial charge in [-0.15, -0.1) is 0 Å². The van der Waals surface area contributed by atoms with Crippen LogP contribution in [0.5, 0.6) is 5.75 Å². The molecule has 22 heavy (non-hydrogen) atoms. The van der Waals surface area contributed by atoms with E-state index in [1.807, 2.05) is 6.92 Å². The summed E-state index contributed by atoms with van der Waals surface area (Å²) in [6, 6.07) is 8.54. The molecule has 0 aromatic heterocycles. The Morgan fingerprint density at radius 1 is 1.05 bits per heavy atom. The first kappa shape index (κ1) is 17.1. The Bertz CT molecular complexity index is 424. The lowest BCUT2D eigenvalue weighted by molar-refractivity contribution is 0.294. The second kappa shape index (κ2) is 9.71. The fraction of sp³-hybridized carbons (Fsp3) is 0.619. The first-order valence-corrected chi connectivity index (χ1v) is 9.20. The van der Waals surface area contributed by atoms with Crippen molar-refractivity contribution in [2.75, 3.05) is 6.61 Å². The van der Waals surface area contributed by atoms with E-state index in [-0.39, 0.29) is 0 Å². The van der Waals surface area contributed by atoms with E-state index in [9.17, 15) is 0 Å². The Morgan fingerprint density at radius 2 is 1.77 bits per heavy atom. The van der Waals surface area contributed by atoms with Crippen molar-refractivity contribution in [3.05, 3.63) is 42.0 Å². The molecule has 0 saturated heterocycles. The number of hydrogen-bond donors (Lipinski definition) is 0. The fourth-order valence-corrected chi connectivity index (χ4v) is 3.54. The summed E-state index contributed by atoms with van der Waals surface area (Å²) in [6.45, 7) is 5.07. The van der Waals surface area contributed by atoms with Gasteiger partial charge >= 0.3 is 0 Å². The second-order valence-corrected chi connectivity index (χ2v) is 6.61. The minimum Gasteiger partial charge on any atom is -0.494 e. The first-order valence-electron chi connectivity index (χ1n) is 9.20. The molecule has 0 radical (unpaired) electrons. The molecule has 1 nitrogen and oxygen atoms in total. The van der Waals surface area contributed by atoms with Crippen LogP contribution in [0.4, 0.5) is 0 Å². The average molecular weight is 300 g/mol. The molecule has 0 N–H and O–H groups in total. The summed E-state index contributed by atoms with van der Waals surface area (Å²) in [7, 11) is 0. The van der Waals surface area contributed by atoms with Gasteiger partial charge in [-0.3, -0.25) is 0 Å². The molecule has 1 heteroatoms. The molecule has 0 unspecified atom stereocenters.